The van der Waals surface area contributed by atoms with Crippen LogP contribution in [0, 0.1) is 0 Å². The number of unbranched alkanes of at least 4 members (excludes halogenated alkanes) is 1. The number of amides is 1. The first-order chi connectivity index (χ1) is 11.6. The summed E-state index contributed by atoms with van der Waals surface area (Å²) in [6.45, 7) is 0. The van der Waals surface area contributed by atoms with Crippen LogP contribution in [-0.4, -0.2) is 22.5 Å². The molecule has 5 heteroatoms. The molecule has 0 heterocycles. The summed E-state index contributed by atoms with van der Waals surface area (Å²) >= 11 is 1.72. The molecular weight excluding hydrogens is 322 g/mol. The zero-order valence-corrected chi connectivity index (χ0v) is 14.6. The summed E-state index contributed by atoms with van der Waals surface area (Å²) in [5.41, 5.74) is 4.77. The van der Waals surface area contributed by atoms with Gasteiger partial charge in [-0.05, 0) is 47.9 Å². The van der Waals surface area contributed by atoms with Crippen molar-refractivity contribution in [2.24, 2.45) is 0 Å². The van der Waals surface area contributed by atoms with E-state index >= 15 is 0 Å². The molecule has 0 aliphatic carbocycles. The van der Waals surface area contributed by atoms with Crippen LogP contribution in [-0.2, 0) is 4.79 Å². The van der Waals surface area contributed by atoms with Gasteiger partial charge in [-0.3, -0.25) is 10.0 Å². The van der Waals surface area contributed by atoms with Crippen molar-refractivity contribution in [3.05, 3.63) is 54.1 Å². The number of aliphatic hydroxyl groups excluding tert-OH is 1. The Bertz CT molecular complexity index is 641. The molecule has 2 aromatic carbocycles. The second-order valence-electron chi connectivity index (χ2n) is 5.65. The maximum Gasteiger partial charge on any atom is 0.243 e. The first-order valence-corrected chi connectivity index (χ1v) is 9.22. The average Bonchev–Trinajstić information content (AvgIpc) is 2.65. The first kappa shape index (κ1) is 18.5. The van der Waals surface area contributed by atoms with Gasteiger partial charge >= 0.3 is 0 Å². The van der Waals surface area contributed by atoms with Gasteiger partial charge in [0.25, 0.3) is 0 Å². The summed E-state index contributed by atoms with van der Waals surface area (Å²) in [4.78, 5) is 12.2. The van der Waals surface area contributed by atoms with Crippen molar-refractivity contribution < 1.29 is 15.1 Å². The van der Waals surface area contributed by atoms with Crippen molar-refractivity contribution in [2.45, 2.75) is 36.7 Å². The topological polar surface area (TPSA) is 69.6 Å². The van der Waals surface area contributed by atoms with E-state index in [2.05, 4.69) is 30.5 Å². The molecular formula is C19H23NO3S. The van der Waals surface area contributed by atoms with Gasteiger partial charge < -0.3 is 5.11 Å². The van der Waals surface area contributed by atoms with Crippen molar-refractivity contribution in [1.82, 2.24) is 5.48 Å². The van der Waals surface area contributed by atoms with Gasteiger partial charge in [-0.1, -0.05) is 42.8 Å². The number of benzene rings is 2. The van der Waals surface area contributed by atoms with E-state index in [1.165, 1.54) is 4.90 Å². The molecule has 128 valence electrons. The maximum absolute atomic E-state index is 10.9. The molecule has 0 aliphatic rings. The quantitative estimate of drug-likeness (QED) is 0.291. The minimum atomic E-state index is -0.532. The fourth-order valence-corrected chi connectivity index (χ4v) is 2.94. The molecule has 1 atom stereocenters. The van der Waals surface area contributed by atoms with Gasteiger partial charge in [0.1, 0.15) is 0 Å². The summed E-state index contributed by atoms with van der Waals surface area (Å²) < 4.78 is 0. The van der Waals surface area contributed by atoms with Gasteiger partial charge in [0.15, 0.2) is 0 Å². The summed E-state index contributed by atoms with van der Waals surface area (Å²) in [5.74, 6) is -0.388. The standard InChI is InChI=1S/C19H23NO3S/c1-24-17-12-10-15(11-13-17)14-6-8-16(9-7-14)18(21)4-2-3-5-19(22)20-23/h6-13,18,21,23H,2-5H2,1H3,(H,20,22). The first-order valence-electron chi connectivity index (χ1n) is 7.99. The summed E-state index contributed by atoms with van der Waals surface area (Å²) in [6, 6.07) is 16.3. The van der Waals surface area contributed by atoms with Crippen LogP contribution in [0.3, 0.4) is 0 Å². The number of rotatable bonds is 8. The average molecular weight is 345 g/mol. The second-order valence-corrected chi connectivity index (χ2v) is 6.53. The lowest BCUT2D eigenvalue weighted by molar-refractivity contribution is -0.129. The van der Waals surface area contributed by atoms with Crippen molar-refractivity contribution >= 4 is 17.7 Å². The highest BCUT2D eigenvalue weighted by Crippen LogP contribution is 2.26. The minimum Gasteiger partial charge on any atom is -0.388 e. The van der Waals surface area contributed by atoms with E-state index in [0.717, 1.165) is 23.1 Å². The number of nitrogens with one attached hydrogen (secondary N) is 1. The van der Waals surface area contributed by atoms with Gasteiger partial charge in [0.05, 0.1) is 6.10 Å². The molecule has 0 bridgehead atoms. The van der Waals surface area contributed by atoms with Gasteiger partial charge in [0.2, 0.25) is 5.91 Å². The van der Waals surface area contributed by atoms with Crippen molar-refractivity contribution in [3.8, 4) is 11.1 Å². The number of hydrogen-bond donors (Lipinski definition) is 3. The highest BCUT2D eigenvalue weighted by Gasteiger charge is 2.08. The third kappa shape index (κ3) is 5.37. The summed E-state index contributed by atoms with van der Waals surface area (Å²) in [5, 5.41) is 18.6. The van der Waals surface area contributed by atoms with Gasteiger partial charge in [0, 0.05) is 11.3 Å². The molecule has 2 aromatic rings. The van der Waals surface area contributed by atoms with Gasteiger partial charge in [-0.15, -0.1) is 11.8 Å². The highest BCUT2D eigenvalue weighted by atomic mass is 32.2. The third-order valence-electron chi connectivity index (χ3n) is 3.97. The Kier molecular flexibility index (Phi) is 7.31. The van der Waals surface area contributed by atoms with E-state index in [9.17, 15) is 9.90 Å². The van der Waals surface area contributed by atoms with Gasteiger partial charge in [-0.2, -0.15) is 0 Å². The number of carbonyl (C=O) groups is 1. The van der Waals surface area contributed by atoms with Crippen LogP contribution < -0.4 is 5.48 Å². The van der Waals surface area contributed by atoms with Crippen LogP contribution in [0.15, 0.2) is 53.4 Å². The Morgan fingerprint density at radius 1 is 1.04 bits per heavy atom. The van der Waals surface area contributed by atoms with E-state index in [1.807, 2.05) is 24.3 Å². The lowest BCUT2D eigenvalue weighted by atomic mass is 9.99. The van der Waals surface area contributed by atoms with Crippen LogP contribution in [0.1, 0.15) is 37.4 Å². The van der Waals surface area contributed by atoms with Crippen molar-refractivity contribution in [1.29, 1.82) is 0 Å². The Morgan fingerprint density at radius 3 is 2.17 bits per heavy atom. The van der Waals surface area contributed by atoms with Crippen molar-refractivity contribution in [3.63, 3.8) is 0 Å². The molecule has 1 amide bonds. The fourth-order valence-electron chi connectivity index (χ4n) is 2.53. The lowest BCUT2D eigenvalue weighted by Crippen LogP contribution is -2.17. The molecule has 0 aliphatic heterocycles. The van der Waals surface area contributed by atoms with Crippen molar-refractivity contribution in [2.75, 3.05) is 6.26 Å². The van der Waals surface area contributed by atoms with E-state index in [0.29, 0.717) is 12.8 Å². The number of hydrogen-bond acceptors (Lipinski definition) is 4. The highest BCUT2D eigenvalue weighted by molar-refractivity contribution is 7.98. The molecule has 3 N–H and O–H groups in total. The number of hydroxylamine groups is 1. The Morgan fingerprint density at radius 2 is 1.62 bits per heavy atom. The van der Waals surface area contributed by atoms with Gasteiger partial charge in [-0.25, -0.2) is 5.48 Å². The summed E-state index contributed by atoms with van der Waals surface area (Å²) in [6.07, 6.45) is 3.77. The van der Waals surface area contributed by atoms with E-state index in [1.54, 1.807) is 17.2 Å². The molecule has 24 heavy (non-hydrogen) atoms. The minimum absolute atomic E-state index is 0.272. The molecule has 4 nitrogen and oxygen atoms in total. The van der Waals surface area contributed by atoms with Crippen LogP contribution in [0.5, 0.6) is 0 Å². The molecule has 0 fully saturated rings. The largest absolute Gasteiger partial charge is 0.388 e. The monoisotopic (exact) mass is 345 g/mol. The number of aliphatic hydroxyl groups is 1. The predicted octanol–water partition coefficient (Wildman–Crippen LogP) is 4.17. The van der Waals surface area contributed by atoms with Crippen LogP contribution in [0.4, 0.5) is 0 Å². The van der Waals surface area contributed by atoms with Crippen LogP contribution in [0.2, 0.25) is 0 Å². The van der Waals surface area contributed by atoms with Crippen LogP contribution in [0.25, 0.3) is 11.1 Å². The number of carbonyl (C=O) groups excluding carboxylic acids is 1. The Labute approximate surface area is 146 Å². The van der Waals surface area contributed by atoms with E-state index in [4.69, 9.17) is 5.21 Å². The SMILES string of the molecule is CSc1ccc(-c2ccc(C(O)CCCCC(=O)NO)cc2)cc1. The van der Waals surface area contributed by atoms with E-state index in [-0.39, 0.29) is 12.3 Å². The molecule has 2 rings (SSSR count). The Balaban J connectivity index is 1.89. The zero-order chi connectivity index (χ0) is 17.4. The lowest BCUT2D eigenvalue weighted by Gasteiger charge is -2.12. The summed E-state index contributed by atoms with van der Waals surface area (Å²) in [7, 11) is 0. The number of thioether (sulfide) groups is 1. The molecule has 0 saturated carbocycles. The molecule has 0 radical (unpaired) electrons. The van der Waals surface area contributed by atoms with Crippen LogP contribution >= 0.6 is 11.8 Å². The molecule has 1 unspecified atom stereocenters. The molecule has 0 spiro atoms. The Hall–Kier alpha value is -1.82. The smallest absolute Gasteiger partial charge is 0.243 e. The predicted molar refractivity (Wildman–Crippen MR) is 97.0 cm³/mol. The maximum atomic E-state index is 10.9. The van der Waals surface area contributed by atoms with E-state index < -0.39 is 6.10 Å². The normalized spacial score (nSPS) is 12.0. The zero-order valence-electron chi connectivity index (χ0n) is 13.7. The second kappa shape index (κ2) is 9.47. The molecule has 0 saturated heterocycles. The fraction of sp³-hybridized carbons (Fsp3) is 0.316. The third-order valence-corrected chi connectivity index (χ3v) is 4.72. The molecule has 0 aromatic heterocycles.